The van der Waals surface area contributed by atoms with Gasteiger partial charge in [-0.2, -0.15) is 0 Å². The number of hydrogen-bond acceptors (Lipinski definition) is 1. The first-order chi connectivity index (χ1) is 13.3. The van der Waals surface area contributed by atoms with Crippen molar-refractivity contribution < 1.29 is 0 Å². The SMILES string of the molecule is CCCCCCCCCCc1cc2ccc3cc(N)cc4ccc(c1)c2c34. The Morgan fingerprint density at radius 2 is 1.04 bits per heavy atom. The largest absolute Gasteiger partial charge is 0.399 e. The number of nitrogens with two attached hydrogens (primary N) is 1. The third-order valence-corrected chi connectivity index (χ3v) is 5.93. The van der Waals surface area contributed by atoms with E-state index >= 15 is 0 Å². The van der Waals surface area contributed by atoms with Crippen molar-refractivity contribution in [3.8, 4) is 0 Å². The van der Waals surface area contributed by atoms with Crippen molar-refractivity contribution in [1.29, 1.82) is 0 Å². The van der Waals surface area contributed by atoms with Crippen LogP contribution in [0.3, 0.4) is 0 Å². The minimum Gasteiger partial charge on any atom is -0.399 e. The lowest BCUT2D eigenvalue weighted by atomic mass is 9.91. The highest BCUT2D eigenvalue weighted by molar-refractivity contribution is 6.23. The van der Waals surface area contributed by atoms with Gasteiger partial charge in [0, 0.05) is 5.69 Å². The summed E-state index contributed by atoms with van der Waals surface area (Å²) < 4.78 is 0. The minimum absolute atomic E-state index is 0.844. The van der Waals surface area contributed by atoms with E-state index in [1.165, 1.54) is 95.7 Å². The molecule has 4 rings (SSSR count). The van der Waals surface area contributed by atoms with Crippen molar-refractivity contribution >= 4 is 38.0 Å². The van der Waals surface area contributed by atoms with Crippen LogP contribution in [0.5, 0.6) is 0 Å². The van der Waals surface area contributed by atoms with E-state index in [2.05, 4.69) is 55.5 Å². The first-order valence-electron chi connectivity index (χ1n) is 10.7. The number of benzene rings is 4. The molecule has 140 valence electrons. The molecule has 0 saturated carbocycles. The summed E-state index contributed by atoms with van der Waals surface area (Å²) in [4.78, 5) is 0. The second-order valence-corrected chi connectivity index (χ2v) is 8.12. The molecule has 0 spiro atoms. The molecule has 0 aliphatic carbocycles. The summed E-state index contributed by atoms with van der Waals surface area (Å²) in [5.74, 6) is 0. The monoisotopic (exact) mass is 357 g/mol. The molecule has 0 unspecified atom stereocenters. The van der Waals surface area contributed by atoms with Crippen molar-refractivity contribution in [2.75, 3.05) is 5.73 Å². The van der Waals surface area contributed by atoms with Gasteiger partial charge in [0.05, 0.1) is 0 Å². The van der Waals surface area contributed by atoms with Crippen LogP contribution in [-0.4, -0.2) is 0 Å². The van der Waals surface area contributed by atoms with E-state index in [-0.39, 0.29) is 0 Å². The molecule has 0 heterocycles. The van der Waals surface area contributed by atoms with Crippen LogP contribution in [0.2, 0.25) is 0 Å². The summed E-state index contributed by atoms with van der Waals surface area (Å²) in [6.07, 6.45) is 12.2. The van der Waals surface area contributed by atoms with Gasteiger partial charge >= 0.3 is 0 Å². The number of unbranched alkanes of at least 4 members (excludes halogenated alkanes) is 7. The third kappa shape index (κ3) is 3.88. The maximum Gasteiger partial charge on any atom is 0.0326 e. The van der Waals surface area contributed by atoms with Gasteiger partial charge in [0.15, 0.2) is 0 Å². The molecule has 0 amide bonds. The summed E-state index contributed by atoms with van der Waals surface area (Å²) in [6, 6.07) is 18.0. The Labute approximate surface area is 162 Å². The zero-order valence-electron chi connectivity index (χ0n) is 16.6. The topological polar surface area (TPSA) is 26.0 Å². The fourth-order valence-electron chi connectivity index (χ4n) is 4.53. The lowest BCUT2D eigenvalue weighted by molar-refractivity contribution is 0.575. The molecule has 4 aromatic carbocycles. The van der Waals surface area contributed by atoms with Crippen molar-refractivity contribution in [2.24, 2.45) is 0 Å². The second-order valence-electron chi connectivity index (χ2n) is 8.12. The zero-order valence-corrected chi connectivity index (χ0v) is 16.6. The normalized spacial score (nSPS) is 11.9. The Balaban J connectivity index is 1.48. The molecule has 0 bridgehead atoms. The molecule has 0 aromatic heterocycles. The van der Waals surface area contributed by atoms with E-state index in [1.54, 1.807) is 0 Å². The predicted octanol–water partition coefficient (Wildman–Crippen LogP) is 7.85. The number of aryl methyl sites for hydroxylation is 1. The van der Waals surface area contributed by atoms with E-state index in [4.69, 9.17) is 5.73 Å². The van der Waals surface area contributed by atoms with Crippen LogP contribution in [-0.2, 0) is 6.42 Å². The van der Waals surface area contributed by atoms with Gasteiger partial charge in [-0.15, -0.1) is 0 Å². The van der Waals surface area contributed by atoms with E-state index in [1.807, 2.05) is 0 Å². The van der Waals surface area contributed by atoms with Crippen LogP contribution in [0.25, 0.3) is 32.3 Å². The van der Waals surface area contributed by atoms with Gasteiger partial charge in [0.1, 0.15) is 0 Å². The van der Waals surface area contributed by atoms with E-state index in [9.17, 15) is 0 Å². The van der Waals surface area contributed by atoms with Gasteiger partial charge in [-0.1, -0.05) is 88.3 Å². The van der Waals surface area contributed by atoms with Crippen LogP contribution in [0.15, 0.2) is 48.5 Å². The van der Waals surface area contributed by atoms with Gasteiger partial charge in [-0.25, -0.2) is 0 Å². The number of rotatable bonds is 9. The molecule has 27 heavy (non-hydrogen) atoms. The van der Waals surface area contributed by atoms with Crippen LogP contribution in [0.1, 0.15) is 63.9 Å². The standard InChI is InChI=1S/C26H31N/c1-2-3-4-5-6-7-8-9-10-19-15-20-11-13-22-17-24(27)18-23-14-12-21(16-19)25(20)26(22)23/h11-18H,2-10,27H2,1H3. The molecular weight excluding hydrogens is 326 g/mol. The van der Waals surface area contributed by atoms with Crippen molar-refractivity contribution in [1.82, 2.24) is 0 Å². The fraction of sp³-hybridized carbons (Fsp3) is 0.385. The Morgan fingerprint density at radius 1 is 0.593 bits per heavy atom. The maximum absolute atomic E-state index is 6.07. The minimum atomic E-state index is 0.844. The summed E-state index contributed by atoms with van der Waals surface area (Å²) in [5, 5.41) is 7.98. The van der Waals surface area contributed by atoms with Gasteiger partial charge < -0.3 is 5.73 Å². The zero-order chi connectivity index (χ0) is 18.6. The molecule has 1 heteroatoms. The first-order valence-corrected chi connectivity index (χ1v) is 10.7. The summed E-state index contributed by atoms with van der Waals surface area (Å²) in [5.41, 5.74) is 8.39. The van der Waals surface area contributed by atoms with Gasteiger partial charge in [-0.05, 0) is 62.9 Å². The van der Waals surface area contributed by atoms with Gasteiger partial charge in [0.25, 0.3) is 0 Å². The molecular formula is C26H31N. The smallest absolute Gasteiger partial charge is 0.0326 e. The molecule has 0 aliphatic heterocycles. The van der Waals surface area contributed by atoms with E-state index in [0.717, 1.165) is 5.69 Å². The number of anilines is 1. The average molecular weight is 358 g/mol. The van der Waals surface area contributed by atoms with Crippen LogP contribution < -0.4 is 5.73 Å². The van der Waals surface area contributed by atoms with Crippen LogP contribution >= 0.6 is 0 Å². The van der Waals surface area contributed by atoms with E-state index < -0.39 is 0 Å². The lowest BCUT2D eigenvalue weighted by Gasteiger charge is -2.13. The highest BCUT2D eigenvalue weighted by atomic mass is 14.5. The number of nitrogen functional groups attached to an aromatic ring is 1. The molecule has 0 saturated heterocycles. The molecule has 0 fully saturated rings. The summed E-state index contributed by atoms with van der Waals surface area (Å²) in [7, 11) is 0. The average Bonchev–Trinajstić information content (AvgIpc) is 2.67. The van der Waals surface area contributed by atoms with Crippen LogP contribution in [0, 0.1) is 0 Å². The third-order valence-electron chi connectivity index (χ3n) is 5.93. The van der Waals surface area contributed by atoms with Gasteiger partial charge in [-0.3, -0.25) is 0 Å². The first kappa shape index (κ1) is 18.1. The molecule has 0 atom stereocenters. The van der Waals surface area contributed by atoms with Crippen molar-refractivity contribution in [3.05, 3.63) is 54.1 Å². The Hall–Kier alpha value is -2.28. The quantitative estimate of drug-likeness (QED) is 0.184. The molecule has 1 nitrogen and oxygen atoms in total. The summed E-state index contributed by atoms with van der Waals surface area (Å²) >= 11 is 0. The molecule has 4 aromatic rings. The van der Waals surface area contributed by atoms with Gasteiger partial charge in [0.2, 0.25) is 0 Å². The second kappa shape index (κ2) is 8.17. The van der Waals surface area contributed by atoms with Crippen molar-refractivity contribution in [2.45, 2.75) is 64.7 Å². The molecule has 2 N–H and O–H groups in total. The summed E-state index contributed by atoms with van der Waals surface area (Å²) in [6.45, 7) is 2.28. The number of hydrogen-bond donors (Lipinski definition) is 1. The Bertz CT molecular complexity index is 964. The lowest BCUT2D eigenvalue weighted by Crippen LogP contribution is -1.91. The predicted molar refractivity (Wildman–Crippen MR) is 121 cm³/mol. The van der Waals surface area contributed by atoms with Crippen LogP contribution in [0.4, 0.5) is 5.69 Å². The fourth-order valence-corrected chi connectivity index (χ4v) is 4.53. The Morgan fingerprint density at radius 3 is 1.56 bits per heavy atom. The van der Waals surface area contributed by atoms with Crippen molar-refractivity contribution in [3.63, 3.8) is 0 Å². The molecule has 0 radical (unpaired) electrons. The maximum atomic E-state index is 6.07. The highest BCUT2D eigenvalue weighted by Gasteiger charge is 2.10. The highest BCUT2D eigenvalue weighted by Crippen LogP contribution is 2.36. The molecule has 0 aliphatic rings. The van der Waals surface area contributed by atoms with E-state index in [0.29, 0.717) is 0 Å². The Kier molecular flexibility index (Phi) is 5.48.